The molecular weight excluding hydrogens is 312 g/mol. The lowest BCUT2D eigenvalue weighted by Gasteiger charge is -2.20. The fraction of sp³-hybridized carbons (Fsp3) is 0.619. The van der Waals surface area contributed by atoms with Crippen LogP contribution in [-0.4, -0.2) is 17.9 Å². The van der Waals surface area contributed by atoms with E-state index in [0.717, 1.165) is 23.8 Å². The predicted molar refractivity (Wildman–Crippen MR) is 99.1 cm³/mol. The minimum absolute atomic E-state index is 0.0514. The van der Waals surface area contributed by atoms with Gasteiger partial charge in [0.1, 0.15) is 0 Å². The molecule has 2 saturated carbocycles. The molecule has 4 atom stereocenters. The van der Waals surface area contributed by atoms with Crippen LogP contribution in [0.4, 0.5) is 0 Å². The molecule has 0 aliphatic heterocycles. The van der Waals surface area contributed by atoms with E-state index in [-0.39, 0.29) is 17.9 Å². The Hall–Kier alpha value is -1.84. The number of carbonyl (C=O) groups is 2. The zero-order valence-corrected chi connectivity index (χ0v) is 15.4. The van der Waals surface area contributed by atoms with Crippen molar-refractivity contribution < 1.29 is 9.59 Å². The highest BCUT2D eigenvalue weighted by Crippen LogP contribution is 2.49. The van der Waals surface area contributed by atoms with Crippen LogP contribution in [0.1, 0.15) is 68.3 Å². The van der Waals surface area contributed by atoms with Crippen molar-refractivity contribution in [3.63, 3.8) is 0 Å². The standard InChI is InChI=1S/C21H30N2O2/c1-3-14(2)23-21(25)18-6-4-5-16(11-18)13-22-20(24)12-19-10-15-7-8-17(19)9-15/h4-6,11,14-15,17,19H,3,7-10,12-13H2,1-2H3,(H,22,24)(H,23,25)/t14-,15-,17-,19-/m0/s1. The quantitative estimate of drug-likeness (QED) is 0.794. The van der Waals surface area contributed by atoms with Crippen molar-refractivity contribution in [2.45, 2.75) is 65.0 Å². The third-order valence-electron chi connectivity index (χ3n) is 6.00. The molecule has 2 fully saturated rings. The predicted octanol–water partition coefficient (Wildman–Crippen LogP) is 3.66. The topological polar surface area (TPSA) is 58.2 Å². The largest absolute Gasteiger partial charge is 0.352 e. The first kappa shape index (κ1) is 18.0. The van der Waals surface area contributed by atoms with E-state index < -0.39 is 0 Å². The van der Waals surface area contributed by atoms with Gasteiger partial charge in [0.25, 0.3) is 5.91 Å². The fourth-order valence-corrected chi connectivity index (χ4v) is 4.37. The molecule has 2 aliphatic carbocycles. The molecule has 136 valence electrons. The molecule has 0 unspecified atom stereocenters. The molecule has 3 rings (SSSR count). The molecule has 0 heterocycles. The molecule has 4 nitrogen and oxygen atoms in total. The molecule has 2 amide bonds. The average Bonchev–Trinajstić information content (AvgIpc) is 3.23. The lowest BCUT2D eigenvalue weighted by molar-refractivity contribution is -0.122. The van der Waals surface area contributed by atoms with Crippen LogP contribution in [0.2, 0.25) is 0 Å². The van der Waals surface area contributed by atoms with Gasteiger partial charge in [0, 0.05) is 24.6 Å². The summed E-state index contributed by atoms with van der Waals surface area (Å²) in [5.74, 6) is 2.34. The summed E-state index contributed by atoms with van der Waals surface area (Å²) in [5, 5.41) is 6.01. The second-order valence-electron chi connectivity index (χ2n) is 7.90. The Labute approximate surface area is 150 Å². The number of benzene rings is 1. The Balaban J connectivity index is 1.48. The third kappa shape index (κ3) is 4.62. The van der Waals surface area contributed by atoms with Gasteiger partial charge in [-0.1, -0.05) is 25.5 Å². The van der Waals surface area contributed by atoms with E-state index in [4.69, 9.17) is 0 Å². The normalized spacial score (nSPS) is 25.6. The van der Waals surface area contributed by atoms with Gasteiger partial charge < -0.3 is 10.6 Å². The van der Waals surface area contributed by atoms with Gasteiger partial charge in [-0.05, 0) is 68.1 Å². The summed E-state index contributed by atoms with van der Waals surface area (Å²) >= 11 is 0. The zero-order chi connectivity index (χ0) is 17.8. The van der Waals surface area contributed by atoms with Crippen molar-refractivity contribution >= 4 is 11.8 Å². The van der Waals surface area contributed by atoms with E-state index in [1.165, 1.54) is 25.7 Å². The van der Waals surface area contributed by atoms with Crippen molar-refractivity contribution in [3.05, 3.63) is 35.4 Å². The fourth-order valence-electron chi connectivity index (χ4n) is 4.37. The number of nitrogens with one attached hydrogen (secondary N) is 2. The molecule has 0 radical (unpaired) electrons. The molecule has 1 aromatic rings. The smallest absolute Gasteiger partial charge is 0.251 e. The van der Waals surface area contributed by atoms with E-state index in [9.17, 15) is 9.59 Å². The van der Waals surface area contributed by atoms with Crippen LogP contribution in [0.15, 0.2) is 24.3 Å². The summed E-state index contributed by atoms with van der Waals surface area (Å²) in [6, 6.07) is 7.69. The van der Waals surface area contributed by atoms with Gasteiger partial charge in [-0.15, -0.1) is 0 Å². The Morgan fingerprint density at radius 3 is 2.76 bits per heavy atom. The maximum Gasteiger partial charge on any atom is 0.251 e. The molecule has 0 spiro atoms. The van der Waals surface area contributed by atoms with Crippen LogP contribution >= 0.6 is 0 Å². The van der Waals surface area contributed by atoms with Crippen molar-refractivity contribution in [1.29, 1.82) is 0 Å². The SMILES string of the molecule is CC[C@H](C)NC(=O)c1cccc(CNC(=O)C[C@@H]2C[C@H]3CC[C@H]2C3)c1. The monoisotopic (exact) mass is 342 g/mol. The first-order valence-electron chi connectivity index (χ1n) is 9.71. The number of fused-ring (bicyclic) bond motifs is 2. The van der Waals surface area contributed by atoms with Gasteiger partial charge in [0.15, 0.2) is 0 Å². The second kappa shape index (κ2) is 8.03. The lowest BCUT2D eigenvalue weighted by atomic mass is 9.86. The number of carbonyl (C=O) groups excluding carboxylic acids is 2. The van der Waals surface area contributed by atoms with Crippen LogP contribution in [0.5, 0.6) is 0 Å². The molecule has 0 aromatic heterocycles. The summed E-state index contributed by atoms with van der Waals surface area (Å²) < 4.78 is 0. The third-order valence-corrected chi connectivity index (χ3v) is 6.00. The molecule has 4 heteroatoms. The molecule has 2 bridgehead atoms. The molecule has 25 heavy (non-hydrogen) atoms. The van der Waals surface area contributed by atoms with Crippen molar-refractivity contribution in [1.82, 2.24) is 10.6 Å². The summed E-state index contributed by atoms with van der Waals surface area (Å²) in [4.78, 5) is 24.5. The maximum absolute atomic E-state index is 12.3. The van der Waals surface area contributed by atoms with Gasteiger partial charge in [0.2, 0.25) is 5.91 Å². The van der Waals surface area contributed by atoms with Crippen molar-refractivity contribution in [2.75, 3.05) is 0 Å². The van der Waals surface area contributed by atoms with Gasteiger partial charge in [-0.25, -0.2) is 0 Å². The van der Waals surface area contributed by atoms with Crippen molar-refractivity contribution in [2.24, 2.45) is 17.8 Å². The van der Waals surface area contributed by atoms with E-state index >= 15 is 0 Å². The Morgan fingerprint density at radius 2 is 2.08 bits per heavy atom. The van der Waals surface area contributed by atoms with Gasteiger partial charge in [-0.3, -0.25) is 9.59 Å². The highest BCUT2D eigenvalue weighted by Gasteiger charge is 2.39. The molecular formula is C21H30N2O2. The number of amides is 2. The minimum atomic E-state index is -0.0514. The summed E-state index contributed by atoms with van der Waals surface area (Å²) in [6.07, 6.45) is 6.83. The average molecular weight is 342 g/mol. The summed E-state index contributed by atoms with van der Waals surface area (Å²) in [7, 11) is 0. The molecule has 0 saturated heterocycles. The van der Waals surface area contributed by atoms with E-state index in [2.05, 4.69) is 10.6 Å². The minimum Gasteiger partial charge on any atom is -0.352 e. The lowest BCUT2D eigenvalue weighted by Crippen LogP contribution is -2.32. The number of hydrogen-bond donors (Lipinski definition) is 2. The molecule has 2 N–H and O–H groups in total. The number of hydrogen-bond acceptors (Lipinski definition) is 2. The van der Waals surface area contributed by atoms with E-state index in [0.29, 0.717) is 24.4 Å². The maximum atomic E-state index is 12.3. The molecule has 1 aromatic carbocycles. The van der Waals surface area contributed by atoms with Gasteiger partial charge in [0.05, 0.1) is 0 Å². The Kier molecular flexibility index (Phi) is 5.77. The number of rotatable bonds is 7. The Morgan fingerprint density at radius 1 is 1.24 bits per heavy atom. The van der Waals surface area contributed by atoms with Gasteiger partial charge in [-0.2, -0.15) is 0 Å². The van der Waals surface area contributed by atoms with Crippen LogP contribution in [0, 0.1) is 17.8 Å². The van der Waals surface area contributed by atoms with Crippen LogP contribution in [0.3, 0.4) is 0 Å². The van der Waals surface area contributed by atoms with Crippen LogP contribution in [0.25, 0.3) is 0 Å². The Bertz CT molecular complexity index is 628. The van der Waals surface area contributed by atoms with E-state index in [1.807, 2.05) is 38.1 Å². The first-order valence-corrected chi connectivity index (χ1v) is 9.71. The zero-order valence-electron chi connectivity index (χ0n) is 15.4. The second-order valence-corrected chi connectivity index (χ2v) is 7.90. The van der Waals surface area contributed by atoms with Crippen molar-refractivity contribution in [3.8, 4) is 0 Å². The highest BCUT2D eigenvalue weighted by molar-refractivity contribution is 5.94. The summed E-state index contributed by atoms with van der Waals surface area (Å²) in [5.41, 5.74) is 1.62. The van der Waals surface area contributed by atoms with Crippen LogP contribution < -0.4 is 10.6 Å². The highest BCUT2D eigenvalue weighted by atomic mass is 16.2. The first-order chi connectivity index (χ1) is 12.0. The van der Waals surface area contributed by atoms with E-state index in [1.54, 1.807) is 0 Å². The van der Waals surface area contributed by atoms with Gasteiger partial charge >= 0.3 is 0 Å². The molecule has 2 aliphatic rings. The summed E-state index contributed by atoms with van der Waals surface area (Å²) in [6.45, 7) is 4.54. The van der Waals surface area contributed by atoms with Crippen LogP contribution in [-0.2, 0) is 11.3 Å².